The lowest BCUT2D eigenvalue weighted by Gasteiger charge is -2.23. The summed E-state index contributed by atoms with van der Waals surface area (Å²) in [6.45, 7) is 2.72. The number of methoxy groups -OCH3 is 2. The summed E-state index contributed by atoms with van der Waals surface area (Å²) in [5, 5.41) is 3.22. The average molecular weight is 255 g/mol. The quantitative estimate of drug-likeness (QED) is 0.785. The van der Waals surface area contributed by atoms with Crippen molar-refractivity contribution in [3.8, 4) is 17.8 Å². The van der Waals surface area contributed by atoms with E-state index in [0.717, 1.165) is 13.1 Å². The lowest BCUT2D eigenvalue weighted by atomic mass is 10.3. The molecule has 1 aromatic rings. The molecule has 1 fully saturated rings. The van der Waals surface area contributed by atoms with Crippen molar-refractivity contribution in [3.05, 3.63) is 6.07 Å². The van der Waals surface area contributed by atoms with Crippen LogP contribution in [0.1, 0.15) is 0 Å². The average Bonchev–Trinajstić information content (AvgIpc) is 2.45. The summed E-state index contributed by atoms with van der Waals surface area (Å²) in [6, 6.07) is 1.81. The van der Waals surface area contributed by atoms with Crippen LogP contribution >= 0.6 is 0 Å². The van der Waals surface area contributed by atoms with Crippen molar-refractivity contribution in [2.24, 2.45) is 0 Å². The van der Waals surface area contributed by atoms with Gasteiger partial charge in [-0.3, -0.25) is 0 Å². The van der Waals surface area contributed by atoms with Gasteiger partial charge in [0.05, 0.1) is 26.9 Å². The Bertz CT molecular complexity index is 360. The lowest BCUT2D eigenvalue weighted by Crippen LogP contribution is -2.41. The van der Waals surface area contributed by atoms with E-state index in [2.05, 4.69) is 15.3 Å². The fourth-order valence-corrected chi connectivity index (χ4v) is 1.55. The van der Waals surface area contributed by atoms with E-state index >= 15 is 0 Å². The van der Waals surface area contributed by atoms with E-state index in [1.807, 2.05) is 0 Å². The van der Waals surface area contributed by atoms with Gasteiger partial charge >= 0.3 is 6.01 Å². The van der Waals surface area contributed by atoms with Crippen LogP contribution in [0.3, 0.4) is 0 Å². The number of aromatic nitrogens is 2. The van der Waals surface area contributed by atoms with Gasteiger partial charge in [-0.2, -0.15) is 9.97 Å². The minimum atomic E-state index is 0.0135. The number of ether oxygens (including phenoxy) is 4. The highest BCUT2D eigenvalue weighted by Crippen LogP contribution is 2.18. The molecule has 7 heteroatoms. The SMILES string of the molecule is COc1cc(OC)nc(OCC2CNCCO2)n1. The first-order chi connectivity index (χ1) is 8.81. The van der Waals surface area contributed by atoms with Crippen LogP contribution in [0, 0.1) is 0 Å². The second-order valence-electron chi connectivity index (χ2n) is 3.74. The first-order valence-electron chi connectivity index (χ1n) is 5.74. The maximum Gasteiger partial charge on any atom is 0.323 e. The second kappa shape index (κ2) is 6.36. The van der Waals surface area contributed by atoms with E-state index in [-0.39, 0.29) is 12.1 Å². The molecular formula is C11H17N3O4. The summed E-state index contributed by atoms with van der Waals surface area (Å²) in [7, 11) is 3.05. The van der Waals surface area contributed by atoms with Crippen molar-refractivity contribution >= 4 is 0 Å². The number of morpholine rings is 1. The molecule has 1 atom stereocenters. The molecule has 0 bridgehead atoms. The molecule has 1 aromatic heterocycles. The molecule has 1 N–H and O–H groups in total. The minimum Gasteiger partial charge on any atom is -0.481 e. The highest BCUT2D eigenvalue weighted by atomic mass is 16.5. The summed E-state index contributed by atoms with van der Waals surface area (Å²) in [6.07, 6.45) is 0.0135. The van der Waals surface area contributed by atoms with Crippen LogP contribution < -0.4 is 19.5 Å². The first kappa shape index (κ1) is 12.8. The Morgan fingerprint density at radius 3 is 2.61 bits per heavy atom. The van der Waals surface area contributed by atoms with Crippen LogP contribution in [-0.4, -0.2) is 56.6 Å². The van der Waals surface area contributed by atoms with Gasteiger partial charge in [0.1, 0.15) is 12.7 Å². The maximum absolute atomic E-state index is 5.51. The lowest BCUT2D eigenvalue weighted by molar-refractivity contribution is -0.00202. The Kier molecular flexibility index (Phi) is 4.54. The van der Waals surface area contributed by atoms with Crippen LogP contribution in [0.2, 0.25) is 0 Å². The number of hydrogen-bond donors (Lipinski definition) is 1. The molecule has 2 heterocycles. The van der Waals surface area contributed by atoms with E-state index in [4.69, 9.17) is 18.9 Å². The third-order valence-corrected chi connectivity index (χ3v) is 2.48. The van der Waals surface area contributed by atoms with Gasteiger partial charge in [-0.05, 0) is 0 Å². The predicted molar refractivity (Wildman–Crippen MR) is 63.2 cm³/mol. The molecular weight excluding hydrogens is 238 g/mol. The molecule has 1 saturated heterocycles. The standard InChI is InChI=1S/C11H17N3O4/c1-15-9-5-10(16-2)14-11(13-9)18-7-8-6-12-3-4-17-8/h5,8,12H,3-4,6-7H2,1-2H3. The predicted octanol–water partition coefficient (Wildman–Crippen LogP) is -0.139. The molecule has 0 spiro atoms. The van der Waals surface area contributed by atoms with Gasteiger partial charge in [-0.1, -0.05) is 0 Å². The van der Waals surface area contributed by atoms with E-state index < -0.39 is 0 Å². The molecule has 7 nitrogen and oxygen atoms in total. The molecule has 0 radical (unpaired) electrons. The number of nitrogens with zero attached hydrogens (tertiary/aromatic N) is 2. The summed E-state index contributed by atoms with van der Waals surface area (Å²) in [4.78, 5) is 8.15. The Morgan fingerprint density at radius 1 is 1.33 bits per heavy atom. The zero-order valence-electron chi connectivity index (χ0n) is 10.5. The van der Waals surface area contributed by atoms with Crippen LogP contribution in [0.25, 0.3) is 0 Å². The smallest absolute Gasteiger partial charge is 0.323 e. The van der Waals surface area contributed by atoms with E-state index in [9.17, 15) is 0 Å². The maximum atomic E-state index is 5.51. The molecule has 0 saturated carbocycles. The van der Waals surface area contributed by atoms with Crippen molar-refractivity contribution in [2.45, 2.75) is 6.10 Å². The summed E-state index contributed by atoms with van der Waals surface area (Å²) < 4.78 is 21.1. The molecule has 18 heavy (non-hydrogen) atoms. The van der Waals surface area contributed by atoms with Crippen LogP contribution in [0.5, 0.6) is 17.8 Å². The Balaban J connectivity index is 1.94. The Morgan fingerprint density at radius 2 is 2.06 bits per heavy atom. The van der Waals surface area contributed by atoms with Crippen molar-refractivity contribution in [3.63, 3.8) is 0 Å². The van der Waals surface area contributed by atoms with Crippen LogP contribution in [0.4, 0.5) is 0 Å². The summed E-state index contributed by atoms with van der Waals surface area (Å²) in [5.41, 5.74) is 0. The molecule has 1 unspecified atom stereocenters. The number of rotatable bonds is 5. The molecule has 1 aliphatic heterocycles. The second-order valence-corrected chi connectivity index (χ2v) is 3.74. The molecule has 1 aliphatic rings. The third kappa shape index (κ3) is 3.44. The Hall–Kier alpha value is -1.60. The van der Waals surface area contributed by atoms with Gasteiger partial charge in [-0.25, -0.2) is 0 Å². The van der Waals surface area contributed by atoms with Gasteiger partial charge in [-0.15, -0.1) is 0 Å². The van der Waals surface area contributed by atoms with Crippen molar-refractivity contribution < 1.29 is 18.9 Å². The molecule has 100 valence electrons. The van der Waals surface area contributed by atoms with E-state index in [1.54, 1.807) is 6.07 Å². The van der Waals surface area contributed by atoms with Crippen LogP contribution in [-0.2, 0) is 4.74 Å². The topological polar surface area (TPSA) is 74.7 Å². The van der Waals surface area contributed by atoms with E-state index in [1.165, 1.54) is 14.2 Å². The molecule has 0 amide bonds. The summed E-state index contributed by atoms with van der Waals surface area (Å²) >= 11 is 0. The normalized spacial score (nSPS) is 19.3. The largest absolute Gasteiger partial charge is 0.481 e. The van der Waals surface area contributed by atoms with Crippen molar-refractivity contribution in [1.82, 2.24) is 15.3 Å². The first-order valence-corrected chi connectivity index (χ1v) is 5.74. The number of nitrogens with one attached hydrogen (secondary N) is 1. The van der Waals surface area contributed by atoms with Gasteiger partial charge in [0.15, 0.2) is 0 Å². The van der Waals surface area contributed by atoms with Gasteiger partial charge in [0.25, 0.3) is 0 Å². The fraction of sp³-hybridized carbons (Fsp3) is 0.636. The van der Waals surface area contributed by atoms with Gasteiger partial charge in [0.2, 0.25) is 11.8 Å². The fourth-order valence-electron chi connectivity index (χ4n) is 1.55. The van der Waals surface area contributed by atoms with Crippen molar-refractivity contribution in [2.75, 3.05) is 40.5 Å². The van der Waals surface area contributed by atoms with Crippen molar-refractivity contribution in [1.29, 1.82) is 0 Å². The van der Waals surface area contributed by atoms with Gasteiger partial charge in [0, 0.05) is 13.1 Å². The number of hydrogen-bond acceptors (Lipinski definition) is 7. The molecule has 0 aliphatic carbocycles. The van der Waals surface area contributed by atoms with Gasteiger partial charge < -0.3 is 24.3 Å². The highest BCUT2D eigenvalue weighted by Gasteiger charge is 2.15. The zero-order chi connectivity index (χ0) is 12.8. The van der Waals surface area contributed by atoms with E-state index in [0.29, 0.717) is 25.0 Å². The highest BCUT2D eigenvalue weighted by molar-refractivity contribution is 5.22. The monoisotopic (exact) mass is 255 g/mol. The van der Waals surface area contributed by atoms with Crippen LogP contribution in [0.15, 0.2) is 6.07 Å². The molecule has 0 aromatic carbocycles. The zero-order valence-corrected chi connectivity index (χ0v) is 10.5. The third-order valence-electron chi connectivity index (χ3n) is 2.48. The summed E-state index contributed by atoms with van der Waals surface area (Å²) in [5.74, 6) is 0.805. The Labute approximate surface area is 105 Å². The minimum absolute atomic E-state index is 0.0135. The molecule has 2 rings (SSSR count).